The van der Waals surface area contributed by atoms with Crippen molar-refractivity contribution < 1.29 is 4.74 Å². The SMILES string of the molecule is CCNC(c1cccnc1)c1c(OC)cnn1CC. The highest BCUT2D eigenvalue weighted by atomic mass is 16.5. The number of pyridine rings is 1. The van der Waals surface area contributed by atoms with E-state index in [0.717, 1.165) is 30.1 Å². The van der Waals surface area contributed by atoms with E-state index in [1.807, 2.05) is 16.9 Å². The van der Waals surface area contributed by atoms with E-state index in [1.165, 1.54) is 0 Å². The fourth-order valence-corrected chi connectivity index (χ4v) is 2.20. The van der Waals surface area contributed by atoms with E-state index in [0.29, 0.717) is 0 Å². The molecule has 0 saturated heterocycles. The average molecular weight is 260 g/mol. The van der Waals surface area contributed by atoms with Crippen molar-refractivity contribution in [3.05, 3.63) is 42.0 Å². The fourth-order valence-electron chi connectivity index (χ4n) is 2.20. The number of hydrogen-bond acceptors (Lipinski definition) is 4. The quantitative estimate of drug-likeness (QED) is 0.863. The molecule has 0 amide bonds. The normalized spacial score (nSPS) is 12.4. The molecule has 0 aliphatic heterocycles. The number of nitrogens with zero attached hydrogens (tertiary/aromatic N) is 3. The van der Waals surface area contributed by atoms with Crippen molar-refractivity contribution in [2.75, 3.05) is 13.7 Å². The van der Waals surface area contributed by atoms with Gasteiger partial charge in [0.25, 0.3) is 0 Å². The Morgan fingerprint density at radius 3 is 2.79 bits per heavy atom. The summed E-state index contributed by atoms with van der Waals surface area (Å²) in [6.45, 7) is 5.82. The molecule has 102 valence electrons. The molecular weight excluding hydrogens is 240 g/mol. The van der Waals surface area contributed by atoms with Gasteiger partial charge in [-0.05, 0) is 25.1 Å². The first kappa shape index (κ1) is 13.5. The van der Waals surface area contributed by atoms with Gasteiger partial charge in [0.1, 0.15) is 5.69 Å². The summed E-state index contributed by atoms with van der Waals surface area (Å²) in [7, 11) is 1.67. The Balaban J connectivity index is 2.47. The molecule has 0 aliphatic rings. The molecule has 5 nitrogen and oxygen atoms in total. The van der Waals surface area contributed by atoms with Crippen molar-refractivity contribution in [1.82, 2.24) is 20.1 Å². The van der Waals surface area contributed by atoms with Gasteiger partial charge >= 0.3 is 0 Å². The third kappa shape index (κ3) is 2.76. The van der Waals surface area contributed by atoms with E-state index in [-0.39, 0.29) is 6.04 Å². The molecule has 0 bridgehead atoms. The summed E-state index contributed by atoms with van der Waals surface area (Å²) in [5.41, 5.74) is 2.15. The number of aromatic nitrogens is 3. The van der Waals surface area contributed by atoms with Gasteiger partial charge in [0.05, 0.1) is 19.3 Å². The van der Waals surface area contributed by atoms with Crippen LogP contribution in [0.5, 0.6) is 5.75 Å². The molecule has 1 atom stereocenters. The van der Waals surface area contributed by atoms with Crippen LogP contribution >= 0.6 is 0 Å². The van der Waals surface area contributed by atoms with E-state index in [2.05, 4.69) is 35.3 Å². The van der Waals surface area contributed by atoms with Crippen molar-refractivity contribution in [1.29, 1.82) is 0 Å². The third-order valence-electron chi connectivity index (χ3n) is 3.06. The summed E-state index contributed by atoms with van der Waals surface area (Å²) in [4.78, 5) is 4.20. The van der Waals surface area contributed by atoms with Crippen LogP contribution in [0.2, 0.25) is 0 Å². The zero-order chi connectivity index (χ0) is 13.7. The van der Waals surface area contributed by atoms with Gasteiger partial charge < -0.3 is 10.1 Å². The number of aryl methyl sites for hydroxylation is 1. The second-order valence-electron chi connectivity index (χ2n) is 4.19. The molecule has 2 rings (SSSR count). The van der Waals surface area contributed by atoms with Gasteiger partial charge in [-0.15, -0.1) is 0 Å². The number of ether oxygens (including phenoxy) is 1. The molecule has 0 aliphatic carbocycles. The van der Waals surface area contributed by atoms with Crippen LogP contribution in [0.1, 0.15) is 31.1 Å². The van der Waals surface area contributed by atoms with Crippen LogP contribution in [0.4, 0.5) is 0 Å². The van der Waals surface area contributed by atoms with E-state index in [4.69, 9.17) is 4.74 Å². The minimum Gasteiger partial charge on any atom is -0.493 e. The van der Waals surface area contributed by atoms with Gasteiger partial charge in [0.15, 0.2) is 5.75 Å². The van der Waals surface area contributed by atoms with Gasteiger partial charge in [-0.25, -0.2) is 0 Å². The smallest absolute Gasteiger partial charge is 0.161 e. The summed E-state index contributed by atoms with van der Waals surface area (Å²) in [5, 5.41) is 7.84. The van der Waals surface area contributed by atoms with Crippen molar-refractivity contribution in [2.45, 2.75) is 26.4 Å². The second kappa shape index (κ2) is 6.33. The van der Waals surface area contributed by atoms with E-state index in [1.54, 1.807) is 19.5 Å². The third-order valence-corrected chi connectivity index (χ3v) is 3.06. The molecule has 0 saturated carbocycles. The lowest BCUT2D eigenvalue weighted by Gasteiger charge is -2.20. The maximum absolute atomic E-state index is 5.43. The van der Waals surface area contributed by atoms with Gasteiger partial charge in [0, 0.05) is 18.9 Å². The predicted octanol–water partition coefficient (Wildman–Crippen LogP) is 2.01. The minimum absolute atomic E-state index is 0.0381. The largest absolute Gasteiger partial charge is 0.493 e. The molecule has 0 radical (unpaired) electrons. The lowest BCUT2D eigenvalue weighted by Crippen LogP contribution is -2.25. The summed E-state index contributed by atoms with van der Waals surface area (Å²) in [6, 6.07) is 4.04. The Bertz CT molecular complexity index is 488. The standard InChI is InChI=1S/C14H20N4O/c1-4-16-13(11-7-6-8-15-9-11)14-12(19-3)10-17-18(14)5-2/h6-10,13,16H,4-5H2,1-3H3. The monoisotopic (exact) mass is 260 g/mol. The van der Waals surface area contributed by atoms with Crippen LogP contribution in [-0.4, -0.2) is 28.4 Å². The Labute approximate surface area is 113 Å². The summed E-state index contributed by atoms with van der Waals surface area (Å²) >= 11 is 0. The first-order chi connectivity index (χ1) is 9.31. The van der Waals surface area contributed by atoms with Crippen LogP contribution in [0.15, 0.2) is 30.7 Å². The Morgan fingerprint density at radius 1 is 1.37 bits per heavy atom. The number of methoxy groups -OCH3 is 1. The van der Waals surface area contributed by atoms with E-state index >= 15 is 0 Å². The first-order valence-corrected chi connectivity index (χ1v) is 6.54. The maximum atomic E-state index is 5.43. The first-order valence-electron chi connectivity index (χ1n) is 6.54. The minimum atomic E-state index is 0.0381. The van der Waals surface area contributed by atoms with Crippen molar-refractivity contribution in [2.24, 2.45) is 0 Å². The highest BCUT2D eigenvalue weighted by Crippen LogP contribution is 2.29. The Kier molecular flexibility index (Phi) is 4.52. The molecule has 2 aromatic rings. The van der Waals surface area contributed by atoms with Gasteiger partial charge in [-0.2, -0.15) is 5.10 Å². The molecule has 19 heavy (non-hydrogen) atoms. The van der Waals surface area contributed by atoms with Gasteiger partial charge in [-0.1, -0.05) is 13.0 Å². The molecule has 0 aromatic carbocycles. The van der Waals surface area contributed by atoms with Crippen LogP contribution in [0, 0.1) is 0 Å². The van der Waals surface area contributed by atoms with Gasteiger partial charge in [0.2, 0.25) is 0 Å². The summed E-state index contributed by atoms with van der Waals surface area (Å²) in [5.74, 6) is 0.802. The molecule has 0 spiro atoms. The lowest BCUT2D eigenvalue weighted by atomic mass is 10.1. The lowest BCUT2D eigenvalue weighted by molar-refractivity contribution is 0.399. The number of nitrogens with one attached hydrogen (secondary N) is 1. The molecule has 1 N–H and O–H groups in total. The number of rotatable bonds is 6. The highest BCUT2D eigenvalue weighted by molar-refractivity contribution is 5.35. The number of hydrogen-bond donors (Lipinski definition) is 1. The molecular formula is C14H20N4O. The van der Waals surface area contributed by atoms with Crippen LogP contribution in [0.25, 0.3) is 0 Å². The predicted molar refractivity (Wildman–Crippen MR) is 74.2 cm³/mol. The molecule has 5 heteroatoms. The topological polar surface area (TPSA) is 52.0 Å². The average Bonchev–Trinajstić information content (AvgIpc) is 2.88. The zero-order valence-corrected chi connectivity index (χ0v) is 11.6. The Hall–Kier alpha value is -1.88. The van der Waals surface area contributed by atoms with Gasteiger partial charge in [-0.3, -0.25) is 9.67 Å². The van der Waals surface area contributed by atoms with Crippen molar-refractivity contribution in [3.8, 4) is 5.75 Å². The van der Waals surface area contributed by atoms with Crippen LogP contribution < -0.4 is 10.1 Å². The molecule has 2 heterocycles. The van der Waals surface area contributed by atoms with Crippen LogP contribution in [0.3, 0.4) is 0 Å². The molecule has 1 unspecified atom stereocenters. The van der Waals surface area contributed by atoms with E-state index in [9.17, 15) is 0 Å². The maximum Gasteiger partial charge on any atom is 0.161 e. The van der Waals surface area contributed by atoms with Crippen molar-refractivity contribution >= 4 is 0 Å². The van der Waals surface area contributed by atoms with E-state index < -0.39 is 0 Å². The second-order valence-corrected chi connectivity index (χ2v) is 4.19. The van der Waals surface area contributed by atoms with Crippen molar-refractivity contribution in [3.63, 3.8) is 0 Å². The summed E-state index contributed by atoms with van der Waals surface area (Å²) in [6.07, 6.45) is 5.42. The summed E-state index contributed by atoms with van der Waals surface area (Å²) < 4.78 is 7.39. The molecule has 2 aromatic heterocycles. The van der Waals surface area contributed by atoms with Crippen LogP contribution in [-0.2, 0) is 6.54 Å². The highest BCUT2D eigenvalue weighted by Gasteiger charge is 2.22. The molecule has 0 fully saturated rings. The Morgan fingerprint density at radius 2 is 2.21 bits per heavy atom. The zero-order valence-electron chi connectivity index (χ0n) is 11.6. The fraction of sp³-hybridized carbons (Fsp3) is 0.429.